The third-order valence-electron chi connectivity index (χ3n) is 4.05. The van der Waals surface area contributed by atoms with Gasteiger partial charge >= 0.3 is 0 Å². The van der Waals surface area contributed by atoms with Crippen molar-refractivity contribution < 1.29 is 9.15 Å². The van der Waals surface area contributed by atoms with Gasteiger partial charge in [0.05, 0.1) is 0 Å². The lowest BCUT2D eigenvalue weighted by molar-refractivity contribution is 0.0916. The number of ether oxygens (including phenoxy) is 1. The molecule has 3 rings (SSSR count). The number of benzene rings is 2. The van der Waals surface area contributed by atoms with E-state index in [-0.39, 0.29) is 6.10 Å². The largest absolute Gasteiger partial charge is 0.441 e. The highest BCUT2D eigenvalue weighted by molar-refractivity contribution is 9.10. The van der Waals surface area contributed by atoms with E-state index in [0.29, 0.717) is 5.89 Å². The molecule has 124 valence electrons. The van der Waals surface area contributed by atoms with Gasteiger partial charge in [-0.3, -0.25) is 0 Å². The lowest BCUT2D eigenvalue weighted by atomic mass is 10.0. The minimum absolute atomic E-state index is 0.0742. The van der Waals surface area contributed by atoms with E-state index in [2.05, 4.69) is 45.2 Å². The van der Waals surface area contributed by atoms with Crippen molar-refractivity contribution in [1.82, 2.24) is 4.98 Å². The van der Waals surface area contributed by atoms with Gasteiger partial charge in [-0.2, -0.15) is 0 Å². The number of hydrogen-bond donors (Lipinski definition) is 0. The van der Waals surface area contributed by atoms with Crippen LogP contribution >= 0.6 is 15.9 Å². The van der Waals surface area contributed by atoms with Crippen LogP contribution in [0.15, 0.2) is 63.5 Å². The van der Waals surface area contributed by atoms with Gasteiger partial charge in [0.1, 0.15) is 17.6 Å². The second-order valence-electron chi connectivity index (χ2n) is 5.72. The number of halogens is 1. The molecule has 0 radical (unpaired) electrons. The van der Waals surface area contributed by atoms with Gasteiger partial charge in [-0.05, 0) is 49.6 Å². The predicted octanol–water partition coefficient (Wildman–Crippen LogP) is 5.73. The number of oxazole rings is 1. The maximum atomic E-state index is 5.85. The minimum atomic E-state index is -0.0742. The first-order valence-electron chi connectivity index (χ1n) is 7.97. The zero-order valence-electron chi connectivity index (χ0n) is 13.8. The SMILES string of the molecule is COC(CCc1ccc(Br)cc1)c1nc(-c2ccccc2)oc1C. The number of rotatable bonds is 6. The van der Waals surface area contributed by atoms with Crippen LogP contribution in [0.25, 0.3) is 11.5 Å². The zero-order valence-corrected chi connectivity index (χ0v) is 15.4. The van der Waals surface area contributed by atoms with Crippen molar-refractivity contribution in [1.29, 1.82) is 0 Å². The van der Waals surface area contributed by atoms with E-state index in [1.807, 2.05) is 37.3 Å². The van der Waals surface area contributed by atoms with Crippen LogP contribution in [0, 0.1) is 6.92 Å². The number of hydrogen-bond acceptors (Lipinski definition) is 3. The van der Waals surface area contributed by atoms with E-state index >= 15 is 0 Å². The first-order chi connectivity index (χ1) is 11.7. The van der Waals surface area contributed by atoms with Crippen LogP contribution in [0.5, 0.6) is 0 Å². The molecule has 0 saturated heterocycles. The quantitative estimate of drug-likeness (QED) is 0.543. The third kappa shape index (κ3) is 3.94. The fraction of sp³-hybridized carbons (Fsp3) is 0.250. The van der Waals surface area contributed by atoms with E-state index in [1.54, 1.807) is 7.11 Å². The van der Waals surface area contributed by atoms with Crippen LogP contribution < -0.4 is 0 Å². The first-order valence-corrected chi connectivity index (χ1v) is 8.76. The summed E-state index contributed by atoms with van der Waals surface area (Å²) < 4.78 is 12.6. The van der Waals surface area contributed by atoms with Gasteiger partial charge in [-0.15, -0.1) is 0 Å². The van der Waals surface area contributed by atoms with E-state index in [9.17, 15) is 0 Å². The minimum Gasteiger partial charge on any atom is -0.441 e. The van der Waals surface area contributed by atoms with Crippen molar-refractivity contribution in [2.75, 3.05) is 7.11 Å². The smallest absolute Gasteiger partial charge is 0.226 e. The Labute approximate surface area is 150 Å². The summed E-state index contributed by atoms with van der Waals surface area (Å²) in [5.41, 5.74) is 3.15. The van der Waals surface area contributed by atoms with Crippen molar-refractivity contribution in [3.05, 3.63) is 76.1 Å². The Kier molecular flexibility index (Phi) is 5.48. The Balaban J connectivity index is 1.76. The molecule has 0 spiro atoms. The average molecular weight is 386 g/mol. The highest BCUT2D eigenvalue weighted by atomic mass is 79.9. The summed E-state index contributed by atoms with van der Waals surface area (Å²) in [5.74, 6) is 1.46. The fourth-order valence-corrected chi connectivity index (χ4v) is 2.99. The summed E-state index contributed by atoms with van der Waals surface area (Å²) in [6.07, 6.45) is 1.72. The number of nitrogens with zero attached hydrogens (tertiary/aromatic N) is 1. The average Bonchev–Trinajstić information content (AvgIpc) is 3.00. The van der Waals surface area contributed by atoms with Gasteiger partial charge < -0.3 is 9.15 Å². The molecule has 4 heteroatoms. The van der Waals surface area contributed by atoms with Crippen molar-refractivity contribution in [2.45, 2.75) is 25.9 Å². The molecule has 0 amide bonds. The van der Waals surface area contributed by atoms with Crippen LogP contribution in [-0.4, -0.2) is 12.1 Å². The van der Waals surface area contributed by atoms with Crippen LogP contribution in [0.2, 0.25) is 0 Å². The van der Waals surface area contributed by atoms with Gasteiger partial charge in [0, 0.05) is 17.1 Å². The Morgan fingerprint density at radius 3 is 2.46 bits per heavy atom. The second kappa shape index (κ2) is 7.77. The van der Waals surface area contributed by atoms with Crippen molar-refractivity contribution >= 4 is 15.9 Å². The lowest BCUT2D eigenvalue weighted by Gasteiger charge is -2.13. The standard InChI is InChI=1S/C20H20BrNO2/c1-14-19(22-20(24-14)16-6-4-3-5-7-16)18(23-2)13-10-15-8-11-17(21)12-9-15/h3-9,11-12,18H,10,13H2,1-2H3. The third-order valence-corrected chi connectivity index (χ3v) is 4.58. The fourth-order valence-electron chi connectivity index (χ4n) is 2.73. The van der Waals surface area contributed by atoms with Crippen LogP contribution in [0.1, 0.15) is 29.5 Å². The number of aromatic nitrogens is 1. The van der Waals surface area contributed by atoms with Crippen molar-refractivity contribution in [3.63, 3.8) is 0 Å². The molecule has 1 aromatic heterocycles. The van der Waals surface area contributed by atoms with Crippen LogP contribution in [0.3, 0.4) is 0 Å². The normalized spacial score (nSPS) is 12.3. The molecule has 0 fully saturated rings. The monoisotopic (exact) mass is 385 g/mol. The summed E-state index contributed by atoms with van der Waals surface area (Å²) >= 11 is 3.46. The van der Waals surface area contributed by atoms with E-state index in [1.165, 1.54) is 5.56 Å². The van der Waals surface area contributed by atoms with E-state index in [0.717, 1.165) is 34.3 Å². The molecule has 1 atom stereocenters. The Bertz CT molecular complexity index is 781. The maximum Gasteiger partial charge on any atom is 0.226 e. The molecule has 24 heavy (non-hydrogen) atoms. The Morgan fingerprint density at radius 1 is 1.08 bits per heavy atom. The Morgan fingerprint density at radius 2 is 1.79 bits per heavy atom. The zero-order chi connectivity index (χ0) is 16.9. The summed E-state index contributed by atoms with van der Waals surface area (Å²) in [6, 6.07) is 18.3. The first kappa shape index (κ1) is 16.9. The molecule has 0 aliphatic carbocycles. The topological polar surface area (TPSA) is 35.3 Å². The molecule has 0 aliphatic rings. The summed E-state index contributed by atoms with van der Waals surface area (Å²) in [4.78, 5) is 4.68. The predicted molar refractivity (Wildman–Crippen MR) is 98.9 cm³/mol. The molecule has 0 bridgehead atoms. The van der Waals surface area contributed by atoms with Crippen LogP contribution in [-0.2, 0) is 11.2 Å². The van der Waals surface area contributed by atoms with Gasteiger partial charge in [0.2, 0.25) is 5.89 Å². The lowest BCUT2D eigenvalue weighted by Crippen LogP contribution is -2.05. The highest BCUT2D eigenvalue weighted by Gasteiger charge is 2.20. The number of aryl methyl sites for hydroxylation is 2. The highest BCUT2D eigenvalue weighted by Crippen LogP contribution is 2.29. The molecule has 2 aromatic carbocycles. The Hall–Kier alpha value is -1.91. The molecule has 0 N–H and O–H groups in total. The van der Waals surface area contributed by atoms with Crippen molar-refractivity contribution in [2.24, 2.45) is 0 Å². The van der Waals surface area contributed by atoms with Gasteiger partial charge in [-0.25, -0.2) is 4.98 Å². The summed E-state index contributed by atoms with van der Waals surface area (Å²) in [5, 5.41) is 0. The maximum absolute atomic E-state index is 5.85. The van der Waals surface area contributed by atoms with Gasteiger partial charge in [0.15, 0.2) is 0 Å². The van der Waals surface area contributed by atoms with Crippen LogP contribution in [0.4, 0.5) is 0 Å². The number of methoxy groups -OCH3 is 1. The van der Waals surface area contributed by atoms with Crippen molar-refractivity contribution in [3.8, 4) is 11.5 Å². The molecule has 0 aliphatic heterocycles. The molecule has 1 heterocycles. The summed E-state index contributed by atoms with van der Waals surface area (Å²) in [7, 11) is 1.72. The second-order valence-corrected chi connectivity index (χ2v) is 6.63. The van der Waals surface area contributed by atoms with E-state index < -0.39 is 0 Å². The molecular formula is C20H20BrNO2. The van der Waals surface area contributed by atoms with Gasteiger partial charge in [0.25, 0.3) is 0 Å². The molecule has 3 nitrogen and oxygen atoms in total. The summed E-state index contributed by atoms with van der Waals surface area (Å²) in [6.45, 7) is 1.94. The molecular weight excluding hydrogens is 366 g/mol. The van der Waals surface area contributed by atoms with E-state index in [4.69, 9.17) is 9.15 Å². The molecule has 3 aromatic rings. The van der Waals surface area contributed by atoms with Gasteiger partial charge in [-0.1, -0.05) is 46.3 Å². The molecule has 0 saturated carbocycles. The molecule has 1 unspecified atom stereocenters.